The minimum absolute atomic E-state index is 0.163. The summed E-state index contributed by atoms with van der Waals surface area (Å²) in [6, 6.07) is 3.70. The van der Waals surface area contributed by atoms with Crippen LogP contribution in [0.5, 0.6) is 0 Å². The minimum atomic E-state index is -0.641. The fraction of sp³-hybridized carbons (Fsp3) is 0.538. The molecule has 1 saturated heterocycles. The summed E-state index contributed by atoms with van der Waals surface area (Å²) in [5, 5.41) is 11.9. The number of rotatable bonds is 11. The molecule has 0 aliphatic carbocycles. The smallest absolute Gasteiger partial charge is 0.408 e. The van der Waals surface area contributed by atoms with E-state index in [1.807, 2.05) is 19.1 Å². The summed E-state index contributed by atoms with van der Waals surface area (Å²) >= 11 is 0. The van der Waals surface area contributed by atoms with Gasteiger partial charge in [0.15, 0.2) is 0 Å². The number of carbonyl (C=O) groups is 3. The van der Waals surface area contributed by atoms with Crippen LogP contribution in [0.2, 0.25) is 0 Å². The van der Waals surface area contributed by atoms with Crippen LogP contribution in [0.25, 0.3) is 0 Å². The maximum absolute atomic E-state index is 13.1. The maximum atomic E-state index is 13.1. The highest BCUT2D eigenvalue weighted by molar-refractivity contribution is 5.99. The van der Waals surface area contributed by atoms with Crippen LogP contribution in [0.4, 0.5) is 16.6 Å². The molecule has 1 aliphatic rings. The molecule has 3 rings (SSSR count). The first-order valence-corrected chi connectivity index (χ1v) is 12.9. The molecule has 1 fully saturated rings. The number of hydrogen-bond donors (Lipinski definition) is 4. The molecule has 1 aliphatic heterocycles. The number of aromatic nitrogens is 3. The highest BCUT2D eigenvalue weighted by Crippen LogP contribution is 2.17. The topological polar surface area (TPSA) is 150 Å². The molecule has 4 N–H and O–H groups in total. The summed E-state index contributed by atoms with van der Waals surface area (Å²) in [5.74, 6) is 0.351. The van der Waals surface area contributed by atoms with Gasteiger partial charge in [-0.3, -0.25) is 14.6 Å². The van der Waals surface area contributed by atoms with Crippen LogP contribution in [0.15, 0.2) is 30.7 Å². The van der Waals surface area contributed by atoms with E-state index in [2.05, 4.69) is 36.2 Å². The van der Waals surface area contributed by atoms with Gasteiger partial charge in [0.05, 0.1) is 0 Å². The predicted molar refractivity (Wildman–Crippen MR) is 144 cm³/mol. The molecule has 3 amide bonds. The van der Waals surface area contributed by atoms with Crippen molar-refractivity contribution < 1.29 is 19.1 Å². The Morgan fingerprint density at radius 2 is 1.89 bits per heavy atom. The zero-order valence-electron chi connectivity index (χ0n) is 22.5. The van der Waals surface area contributed by atoms with E-state index in [9.17, 15) is 14.4 Å². The standard InChI is InChI=1S/C26H38N8O4/c1-5-10-28-22-20(15-30-24(33-22)29-13-8-18-6-11-27-12-7-18)23(36)32-19-9-14-34(17-19)21(35)16-31-25(37)38-26(2,3)4/h6-7,11-12,15,19H,5,8-10,13-14,16-17H2,1-4H3,(H,31,37)(H,32,36)(H2,28,29,30,33). The van der Waals surface area contributed by atoms with Crippen LogP contribution in [0.1, 0.15) is 56.5 Å². The van der Waals surface area contributed by atoms with Gasteiger partial charge in [0.25, 0.3) is 5.91 Å². The molecule has 0 radical (unpaired) electrons. The SMILES string of the molecule is CCCNc1nc(NCCc2ccncc2)ncc1C(=O)NC1CCN(C(=O)CNC(=O)OC(C)(C)C)C1. The predicted octanol–water partition coefficient (Wildman–Crippen LogP) is 2.20. The number of alkyl carbamates (subject to hydrolysis) is 1. The number of pyridine rings is 1. The van der Waals surface area contributed by atoms with E-state index in [1.54, 1.807) is 38.1 Å². The molecule has 0 aromatic carbocycles. The van der Waals surface area contributed by atoms with E-state index in [4.69, 9.17) is 4.74 Å². The van der Waals surface area contributed by atoms with Gasteiger partial charge >= 0.3 is 6.09 Å². The molecule has 0 spiro atoms. The molecular formula is C26H38N8O4. The number of carbonyl (C=O) groups excluding carboxylic acids is 3. The van der Waals surface area contributed by atoms with Crippen LogP contribution in [-0.4, -0.2) is 82.1 Å². The van der Waals surface area contributed by atoms with Gasteiger partial charge in [-0.15, -0.1) is 0 Å². The van der Waals surface area contributed by atoms with Crippen molar-refractivity contribution in [2.45, 2.75) is 58.6 Å². The average molecular weight is 527 g/mol. The lowest BCUT2D eigenvalue weighted by molar-refractivity contribution is -0.129. The van der Waals surface area contributed by atoms with Gasteiger partial charge in [-0.1, -0.05) is 6.92 Å². The Morgan fingerprint density at radius 3 is 2.61 bits per heavy atom. The number of amides is 3. The first-order valence-electron chi connectivity index (χ1n) is 12.9. The molecule has 0 saturated carbocycles. The van der Waals surface area contributed by atoms with E-state index in [0.717, 1.165) is 18.4 Å². The van der Waals surface area contributed by atoms with Gasteiger partial charge < -0.3 is 30.9 Å². The van der Waals surface area contributed by atoms with Crippen LogP contribution >= 0.6 is 0 Å². The third-order valence-electron chi connectivity index (χ3n) is 5.68. The molecule has 12 heteroatoms. The highest BCUT2D eigenvalue weighted by atomic mass is 16.6. The fourth-order valence-electron chi connectivity index (χ4n) is 3.82. The number of hydrogen-bond acceptors (Lipinski definition) is 9. The van der Waals surface area contributed by atoms with Crippen molar-refractivity contribution in [3.63, 3.8) is 0 Å². The van der Waals surface area contributed by atoms with Gasteiger partial charge in [0, 0.05) is 50.8 Å². The van der Waals surface area contributed by atoms with Gasteiger partial charge in [-0.05, 0) is 57.7 Å². The maximum Gasteiger partial charge on any atom is 0.408 e. The molecule has 2 aromatic rings. The van der Waals surface area contributed by atoms with E-state index in [-0.39, 0.29) is 24.4 Å². The summed E-state index contributed by atoms with van der Waals surface area (Å²) in [5.41, 5.74) is 0.853. The van der Waals surface area contributed by atoms with Crippen molar-refractivity contribution in [2.75, 3.05) is 43.4 Å². The van der Waals surface area contributed by atoms with Crippen molar-refractivity contribution in [1.29, 1.82) is 0 Å². The second-order valence-corrected chi connectivity index (χ2v) is 10.1. The normalized spacial score (nSPS) is 15.1. The Hall–Kier alpha value is -3.96. The Balaban J connectivity index is 1.53. The van der Waals surface area contributed by atoms with Gasteiger partial charge in [-0.25, -0.2) is 9.78 Å². The summed E-state index contributed by atoms with van der Waals surface area (Å²) < 4.78 is 5.16. The Bertz CT molecular complexity index is 1090. The van der Waals surface area contributed by atoms with Crippen molar-refractivity contribution in [3.05, 3.63) is 41.9 Å². The Morgan fingerprint density at radius 1 is 1.13 bits per heavy atom. The summed E-state index contributed by atoms with van der Waals surface area (Å²) in [6.45, 7) is 9.26. The van der Waals surface area contributed by atoms with Crippen molar-refractivity contribution in [3.8, 4) is 0 Å². The molecule has 12 nitrogen and oxygen atoms in total. The van der Waals surface area contributed by atoms with Gasteiger partial charge in [-0.2, -0.15) is 4.98 Å². The van der Waals surface area contributed by atoms with Gasteiger partial charge in [0.1, 0.15) is 23.5 Å². The largest absolute Gasteiger partial charge is 0.444 e. The monoisotopic (exact) mass is 526 g/mol. The molecule has 0 bridgehead atoms. The summed E-state index contributed by atoms with van der Waals surface area (Å²) in [7, 11) is 0. The Labute approximate surface area is 223 Å². The van der Waals surface area contributed by atoms with Crippen LogP contribution < -0.4 is 21.3 Å². The van der Waals surface area contributed by atoms with Crippen molar-refractivity contribution >= 4 is 29.7 Å². The van der Waals surface area contributed by atoms with Crippen molar-refractivity contribution in [1.82, 2.24) is 30.5 Å². The van der Waals surface area contributed by atoms with E-state index < -0.39 is 11.7 Å². The zero-order valence-corrected chi connectivity index (χ0v) is 22.5. The zero-order chi connectivity index (χ0) is 27.5. The van der Waals surface area contributed by atoms with Crippen LogP contribution in [0, 0.1) is 0 Å². The van der Waals surface area contributed by atoms with Crippen LogP contribution in [-0.2, 0) is 16.0 Å². The fourth-order valence-corrected chi connectivity index (χ4v) is 3.82. The first-order chi connectivity index (χ1) is 18.1. The lowest BCUT2D eigenvalue weighted by Gasteiger charge is -2.21. The second-order valence-electron chi connectivity index (χ2n) is 10.1. The molecule has 1 unspecified atom stereocenters. The Kier molecular flexibility index (Phi) is 10.2. The number of ether oxygens (including phenoxy) is 1. The van der Waals surface area contributed by atoms with E-state index in [0.29, 0.717) is 49.9 Å². The lowest BCUT2D eigenvalue weighted by atomic mass is 10.2. The van der Waals surface area contributed by atoms with Crippen LogP contribution in [0.3, 0.4) is 0 Å². The lowest BCUT2D eigenvalue weighted by Crippen LogP contribution is -2.43. The molecular weight excluding hydrogens is 488 g/mol. The number of nitrogens with zero attached hydrogens (tertiary/aromatic N) is 4. The minimum Gasteiger partial charge on any atom is -0.444 e. The highest BCUT2D eigenvalue weighted by Gasteiger charge is 2.29. The molecule has 38 heavy (non-hydrogen) atoms. The number of nitrogens with one attached hydrogen (secondary N) is 4. The summed E-state index contributed by atoms with van der Waals surface area (Å²) in [4.78, 5) is 51.9. The third-order valence-corrected chi connectivity index (χ3v) is 5.68. The number of likely N-dealkylation sites (tertiary alicyclic amines) is 1. The quantitative estimate of drug-likeness (QED) is 0.345. The van der Waals surface area contributed by atoms with Crippen molar-refractivity contribution in [2.24, 2.45) is 0 Å². The molecule has 206 valence electrons. The van der Waals surface area contributed by atoms with E-state index >= 15 is 0 Å². The number of anilines is 2. The first kappa shape index (κ1) is 28.6. The van der Waals surface area contributed by atoms with E-state index in [1.165, 1.54) is 6.20 Å². The third kappa shape index (κ3) is 9.16. The van der Waals surface area contributed by atoms with Gasteiger partial charge in [0.2, 0.25) is 11.9 Å². The second kappa shape index (κ2) is 13.5. The molecule has 3 heterocycles. The summed E-state index contributed by atoms with van der Waals surface area (Å²) in [6.07, 6.45) is 6.65. The molecule has 1 atom stereocenters. The average Bonchev–Trinajstić information content (AvgIpc) is 3.34. The molecule has 2 aromatic heterocycles.